The van der Waals surface area contributed by atoms with Gasteiger partial charge in [0.2, 0.25) is 5.88 Å². The maximum absolute atomic E-state index is 6.23. The molecular formula is C28H41N3O3. The van der Waals surface area contributed by atoms with Crippen molar-refractivity contribution in [2.24, 2.45) is 5.92 Å². The highest BCUT2D eigenvalue weighted by molar-refractivity contribution is 5.67. The number of methoxy groups -OCH3 is 1. The molecule has 6 heteroatoms. The van der Waals surface area contributed by atoms with E-state index in [0.717, 1.165) is 61.3 Å². The van der Waals surface area contributed by atoms with E-state index in [4.69, 9.17) is 14.2 Å². The van der Waals surface area contributed by atoms with Crippen LogP contribution in [0.15, 0.2) is 30.3 Å². The highest BCUT2D eigenvalue weighted by Gasteiger charge is 2.28. The first-order valence-electron chi connectivity index (χ1n) is 13.1. The molecule has 0 bridgehead atoms. The van der Waals surface area contributed by atoms with Crippen molar-refractivity contribution in [1.82, 2.24) is 15.1 Å². The molecule has 1 aliphatic heterocycles. The number of rotatable bonds is 10. The summed E-state index contributed by atoms with van der Waals surface area (Å²) in [5.41, 5.74) is 3.27. The normalized spacial score (nSPS) is 22.0. The molecule has 2 fully saturated rings. The monoisotopic (exact) mass is 467 g/mol. The molecule has 1 aromatic carbocycles. The number of unbranched alkanes of at least 4 members (excludes halogenated alkanes) is 1. The number of aromatic nitrogens is 2. The smallest absolute Gasteiger partial charge is 0.234 e. The molecule has 1 aromatic heterocycles. The van der Waals surface area contributed by atoms with Crippen LogP contribution in [0.2, 0.25) is 0 Å². The van der Waals surface area contributed by atoms with E-state index in [1.807, 2.05) is 0 Å². The number of hydrogen-bond acceptors (Lipinski definition) is 6. The third kappa shape index (κ3) is 6.70. The molecular weight excluding hydrogens is 426 g/mol. The van der Waals surface area contributed by atoms with Crippen LogP contribution in [-0.4, -0.2) is 61.2 Å². The number of piperidine rings is 1. The van der Waals surface area contributed by atoms with E-state index in [1.165, 1.54) is 32.1 Å². The van der Waals surface area contributed by atoms with Crippen LogP contribution >= 0.6 is 0 Å². The summed E-state index contributed by atoms with van der Waals surface area (Å²) in [6.45, 7) is 4.81. The molecule has 2 heterocycles. The van der Waals surface area contributed by atoms with Gasteiger partial charge in [-0.05, 0) is 76.2 Å². The molecule has 1 aliphatic carbocycles. The first-order chi connectivity index (χ1) is 16.7. The van der Waals surface area contributed by atoms with Crippen molar-refractivity contribution < 1.29 is 14.2 Å². The van der Waals surface area contributed by atoms with Gasteiger partial charge in [0, 0.05) is 31.2 Å². The second kappa shape index (κ2) is 12.5. The predicted molar refractivity (Wildman–Crippen MR) is 135 cm³/mol. The van der Waals surface area contributed by atoms with E-state index in [0.29, 0.717) is 24.5 Å². The molecule has 2 aromatic rings. The third-order valence-electron chi connectivity index (χ3n) is 7.28. The summed E-state index contributed by atoms with van der Waals surface area (Å²) >= 11 is 0. The highest BCUT2D eigenvalue weighted by Crippen LogP contribution is 2.30. The number of ether oxygens (including phenoxy) is 3. The molecule has 4 rings (SSSR count). The molecule has 0 spiro atoms. The summed E-state index contributed by atoms with van der Waals surface area (Å²) in [6, 6.07) is 10.5. The Morgan fingerprint density at radius 1 is 1.03 bits per heavy atom. The fraction of sp³-hybridized carbons (Fsp3) is 0.643. The van der Waals surface area contributed by atoms with Crippen LogP contribution in [0, 0.1) is 5.92 Å². The SMILES string of the molecule is CCCCc1nnc(OC[C@@H]2CCN(C)C[C@@H]2OC)cc1-c1ccc(OC2CCCCC2)cc1. The van der Waals surface area contributed by atoms with Gasteiger partial charge in [-0.1, -0.05) is 31.9 Å². The van der Waals surface area contributed by atoms with Crippen LogP contribution in [0.3, 0.4) is 0 Å². The van der Waals surface area contributed by atoms with E-state index < -0.39 is 0 Å². The Hall–Kier alpha value is -2.18. The van der Waals surface area contributed by atoms with Crippen LogP contribution < -0.4 is 9.47 Å². The fourth-order valence-corrected chi connectivity index (χ4v) is 5.11. The summed E-state index contributed by atoms with van der Waals surface area (Å²) in [5.74, 6) is 1.91. The second-order valence-electron chi connectivity index (χ2n) is 9.94. The van der Waals surface area contributed by atoms with E-state index >= 15 is 0 Å². The molecule has 0 radical (unpaired) electrons. The van der Waals surface area contributed by atoms with Gasteiger partial charge in [-0.15, -0.1) is 5.10 Å². The van der Waals surface area contributed by atoms with Gasteiger partial charge in [0.15, 0.2) is 0 Å². The van der Waals surface area contributed by atoms with E-state index in [-0.39, 0.29) is 6.10 Å². The maximum Gasteiger partial charge on any atom is 0.234 e. The lowest BCUT2D eigenvalue weighted by atomic mass is 9.95. The Balaban J connectivity index is 1.46. The highest BCUT2D eigenvalue weighted by atomic mass is 16.5. The van der Waals surface area contributed by atoms with Crippen molar-refractivity contribution >= 4 is 0 Å². The van der Waals surface area contributed by atoms with Crippen molar-refractivity contribution in [3.05, 3.63) is 36.0 Å². The molecule has 2 aliphatic rings. The minimum atomic E-state index is 0.187. The van der Waals surface area contributed by atoms with Crippen LogP contribution in [0.5, 0.6) is 11.6 Å². The molecule has 0 N–H and O–H groups in total. The number of aryl methyl sites for hydroxylation is 1. The zero-order valence-corrected chi connectivity index (χ0v) is 21.2. The van der Waals surface area contributed by atoms with E-state index in [1.54, 1.807) is 7.11 Å². The van der Waals surface area contributed by atoms with Gasteiger partial charge in [0.1, 0.15) is 5.75 Å². The Morgan fingerprint density at radius 3 is 2.56 bits per heavy atom. The average Bonchev–Trinajstić information content (AvgIpc) is 2.88. The molecule has 6 nitrogen and oxygen atoms in total. The van der Waals surface area contributed by atoms with Crippen LogP contribution in [-0.2, 0) is 11.2 Å². The molecule has 0 unspecified atom stereocenters. The standard InChI is InChI=1S/C28H41N3O3/c1-4-5-11-26-25(21-12-14-24(15-13-21)34-23-9-7-6-8-10-23)18-28(30-29-26)33-20-22-16-17-31(2)19-27(22)32-3/h12-15,18,22-23,27H,4-11,16-17,19-20H2,1-3H3/t22-,27-/m0/s1. The molecule has 1 saturated carbocycles. The van der Waals surface area contributed by atoms with Crippen molar-refractivity contribution in [3.8, 4) is 22.8 Å². The van der Waals surface area contributed by atoms with Gasteiger partial charge in [-0.25, -0.2) is 0 Å². The van der Waals surface area contributed by atoms with Crippen molar-refractivity contribution in [3.63, 3.8) is 0 Å². The molecule has 0 amide bonds. The number of likely N-dealkylation sites (N-methyl/N-ethyl adjacent to an activating group) is 1. The topological polar surface area (TPSA) is 56.7 Å². The number of benzene rings is 1. The molecule has 186 valence electrons. The lowest BCUT2D eigenvalue weighted by molar-refractivity contribution is -0.0197. The minimum Gasteiger partial charge on any atom is -0.490 e. The Labute approximate surface area is 205 Å². The fourth-order valence-electron chi connectivity index (χ4n) is 5.11. The van der Waals surface area contributed by atoms with Crippen molar-refractivity contribution in [2.75, 3.05) is 33.9 Å². The largest absolute Gasteiger partial charge is 0.490 e. The van der Waals surface area contributed by atoms with Gasteiger partial charge >= 0.3 is 0 Å². The predicted octanol–water partition coefficient (Wildman–Crippen LogP) is 5.54. The van der Waals surface area contributed by atoms with Crippen LogP contribution in [0.1, 0.15) is 64.0 Å². The summed E-state index contributed by atoms with van der Waals surface area (Å²) in [6.07, 6.45) is 11.0. The lowest BCUT2D eigenvalue weighted by Crippen LogP contribution is -2.44. The minimum absolute atomic E-state index is 0.187. The zero-order valence-electron chi connectivity index (χ0n) is 21.2. The van der Waals surface area contributed by atoms with E-state index in [9.17, 15) is 0 Å². The Bertz CT molecular complexity index is 883. The summed E-state index contributed by atoms with van der Waals surface area (Å²) in [4.78, 5) is 2.31. The first kappa shape index (κ1) is 24.9. The lowest BCUT2D eigenvalue weighted by Gasteiger charge is -2.35. The summed E-state index contributed by atoms with van der Waals surface area (Å²) in [7, 11) is 3.93. The van der Waals surface area contributed by atoms with Crippen LogP contribution in [0.25, 0.3) is 11.1 Å². The van der Waals surface area contributed by atoms with Crippen LogP contribution in [0.4, 0.5) is 0 Å². The third-order valence-corrected chi connectivity index (χ3v) is 7.28. The Kier molecular flexibility index (Phi) is 9.17. The van der Waals surface area contributed by atoms with E-state index in [2.05, 4.69) is 59.4 Å². The maximum atomic E-state index is 6.23. The zero-order chi connectivity index (χ0) is 23.8. The van der Waals surface area contributed by atoms with Gasteiger partial charge in [0.25, 0.3) is 0 Å². The average molecular weight is 468 g/mol. The number of hydrogen-bond donors (Lipinski definition) is 0. The van der Waals surface area contributed by atoms with Crippen molar-refractivity contribution in [2.45, 2.75) is 76.9 Å². The first-order valence-corrected chi connectivity index (χ1v) is 13.1. The molecule has 2 atom stereocenters. The second-order valence-corrected chi connectivity index (χ2v) is 9.94. The summed E-state index contributed by atoms with van der Waals surface area (Å²) < 4.78 is 18.1. The Morgan fingerprint density at radius 2 is 1.82 bits per heavy atom. The van der Waals surface area contributed by atoms with Gasteiger partial charge in [-0.3, -0.25) is 0 Å². The molecule has 1 saturated heterocycles. The molecule has 34 heavy (non-hydrogen) atoms. The van der Waals surface area contributed by atoms with Gasteiger partial charge < -0.3 is 19.1 Å². The number of likely N-dealkylation sites (tertiary alicyclic amines) is 1. The summed E-state index contributed by atoms with van der Waals surface area (Å²) in [5, 5.41) is 8.99. The van der Waals surface area contributed by atoms with Gasteiger partial charge in [0.05, 0.1) is 24.5 Å². The van der Waals surface area contributed by atoms with Gasteiger partial charge in [-0.2, -0.15) is 5.10 Å². The van der Waals surface area contributed by atoms with Crippen molar-refractivity contribution in [1.29, 1.82) is 0 Å². The number of nitrogens with zero attached hydrogens (tertiary/aromatic N) is 3. The quantitative estimate of drug-likeness (QED) is 0.457.